The fourth-order valence-corrected chi connectivity index (χ4v) is 8.95. The molecule has 22 nitrogen and oxygen atoms in total. The van der Waals surface area contributed by atoms with E-state index in [1.807, 2.05) is 13.0 Å². The zero-order chi connectivity index (χ0) is 52.2. The molecule has 1 saturated heterocycles. The van der Waals surface area contributed by atoms with Gasteiger partial charge in [0.15, 0.2) is 11.5 Å². The summed E-state index contributed by atoms with van der Waals surface area (Å²) in [6, 6.07) is 10.1. The Morgan fingerprint density at radius 2 is 1.58 bits per heavy atom. The van der Waals surface area contributed by atoms with Crippen molar-refractivity contribution < 1.29 is 57.3 Å². The van der Waals surface area contributed by atoms with Gasteiger partial charge in [-0.25, -0.2) is 14.6 Å². The SMILES string of the molecule is CCC.CCC1C(=O)OCc2c1cc1n(c2=O)Cc2c-1nc1cc3c(cc1c2CNC(=O)OCc1ccc(NC(=O)C(CCCNC(N)=O)NC(=O)CNC(=O)CCCCCN2C(=O)CCC2=O)cc1)OCO3. The lowest BCUT2D eigenvalue weighted by molar-refractivity contribution is -0.148. The zero-order valence-corrected chi connectivity index (χ0v) is 41.2. The summed E-state index contributed by atoms with van der Waals surface area (Å²) in [6.45, 7) is 6.17. The van der Waals surface area contributed by atoms with E-state index in [0.29, 0.717) is 106 Å². The number of esters is 1. The van der Waals surface area contributed by atoms with Crippen LogP contribution in [-0.2, 0) is 64.5 Å². The Morgan fingerprint density at radius 3 is 2.29 bits per heavy atom. The lowest BCUT2D eigenvalue weighted by Gasteiger charge is -2.24. The molecule has 22 heteroatoms. The first-order valence-corrected chi connectivity index (χ1v) is 24.6. The molecule has 0 bridgehead atoms. The van der Waals surface area contributed by atoms with Gasteiger partial charge in [-0.15, -0.1) is 0 Å². The summed E-state index contributed by atoms with van der Waals surface area (Å²) in [7, 11) is 0. The number of anilines is 1. The molecule has 0 aliphatic carbocycles. The van der Waals surface area contributed by atoms with Crippen LogP contribution in [0.5, 0.6) is 11.5 Å². The first-order chi connectivity index (χ1) is 35.2. The standard InChI is InChI=1S/C48H53N9O13.C3H8/c1-2-28-29-17-36-43-32(22-57(36)45(63)33(29)24-67-46(28)64)31(30-18-37-38(70-25-69-37)19-35(30)55-43)20-52-48(66)68-23-26-9-11-27(12-10-26)53-44(62)34(7-6-15-50-47(49)65)54-40(59)21-51-39(58)8-4-3-5-16-56-41(60)13-14-42(56)61;1-3-2/h9-12,17-19,28,34H,2-8,13-16,20-25H2,1H3,(H,51,58)(H,52,66)(H,53,62)(H,54,59)(H3,49,50,65);3H2,1-2H3. The fourth-order valence-electron chi connectivity index (χ4n) is 8.95. The number of nitrogens with two attached hydrogens (primary N) is 1. The highest BCUT2D eigenvalue weighted by atomic mass is 16.7. The van der Waals surface area contributed by atoms with E-state index in [9.17, 15) is 43.2 Å². The molecule has 8 rings (SSSR count). The Balaban J connectivity index is 0.00000254. The number of urea groups is 1. The van der Waals surface area contributed by atoms with Crippen LogP contribution in [0.1, 0.15) is 119 Å². The number of nitrogens with one attached hydrogen (secondary N) is 5. The van der Waals surface area contributed by atoms with E-state index in [1.54, 1.807) is 41.0 Å². The Hall–Kier alpha value is -8.04. The van der Waals surface area contributed by atoms with Crippen LogP contribution in [0.3, 0.4) is 0 Å². The Morgan fingerprint density at radius 1 is 0.849 bits per heavy atom. The lowest BCUT2D eigenvalue weighted by atomic mass is 9.90. The Bertz CT molecular complexity index is 2830. The molecule has 4 aliphatic rings. The maximum atomic E-state index is 13.9. The van der Waals surface area contributed by atoms with Crippen molar-refractivity contribution in [2.24, 2.45) is 5.73 Å². The number of fused-ring (bicyclic) bond motifs is 6. The van der Waals surface area contributed by atoms with Crippen LogP contribution in [0.25, 0.3) is 22.3 Å². The number of benzene rings is 2. The number of hydrogen-bond donors (Lipinski definition) is 6. The van der Waals surface area contributed by atoms with Crippen LogP contribution in [0.2, 0.25) is 0 Å². The minimum absolute atomic E-state index is 0.00380. The number of pyridine rings is 2. The van der Waals surface area contributed by atoms with E-state index in [0.717, 1.165) is 0 Å². The number of likely N-dealkylation sites (tertiary alicyclic amines) is 1. The quantitative estimate of drug-likeness (QED) is 0.0361. The van der Waals surface area contributed by atoms with Gasteiger partial charge in [-0.1, -0.05) is 45.7 Å². The molecular weight excluding hydrogens is 947 g/mol. The molecular formula is C51H61N9O13. The van der Waals surface area contributed by atoms with Crippen LogP contribution in [0.4, 0.5) is 15.3 Å². The first-order valence-electron chi connectivity index (χ1n) is 24.6. The summed E-state index contributed by atoms with van der Waals surface area (Å²) >= 11 is 0. The van der Waals surface area contributed by atoms with Gasteiger partial charge < -0.3 is 55.8 Å². The van der Waals surface area contributed by atoms with Gasteiger partial charge in [0.2, 0.25) is 36.3 Å². The third kappa shape index (κ3) is 12.9. The minimum atomic E-state index is -1.04. The second-order valence-corrected chi connectivity index (χ2v) is 18.0. The maximum Gasteiger partial charge on any atom is 0.407 e. The summed E-state index contributed by atoms with van der Waals surface area (Å²) in [5.41, 5.74) is 9.99. The molecule has 7 N–H and O–H groups in total. The molecule has 2 aromatic heterocycles. The predicted octanol–water partition coefficient (Wildman–Crippen LogP) is 4.24. The highest BCUT2D eigenvalue weighted by Crippen LogP contribution is 2.42. The monoisotopic (exact) mass is 1010 g/mol. The molecule has 0 radical (unpaired) electrons. The van der Waals surface area contributed by atoms with Crippen molar-refractivity contribution in [3.8, 4) is 22.9 Å². The van der Waals surface area contributed by atoms with E-state index >= 15 is 0 Å². The van der Waals surface area contributed by atoms with Crippen LogP contribution >= 0.6 is 0 Å². The van der Waals surface area contributed by atoms with Crippen molar-refractivity contribution >= 4 is 64.2 Å². The highest BCUT2D eigenvalue weighted by molar-refractivity contribution is 6.02. The molecule has 2 atom stereocenters. The number of primary amides is 1. The summed E-state index contributed by atoms with van der Waals surface area (Å²) in [5, 5.41) is 13.9. The van der Waals surface area contributed by atoms with Gasteiger partial charge in [0.1, 0.15) is 19.3 Å². The number of cyclic esters (lactones) is 1. The van der Waals surface area contributed by atoms with Gasteiger partial charge in [0.25, 0.3) is 5.56 Å². The number of amides is 8. The molecule has 0 spiro atoms. The van der Waals surface area contributed by atoms with Crippen LogP contribution in [-0.4, -0.2) is 94.5 Å². The average molecular weight is 1010 g/mol. The first kappa shape index (κ1) is 52.8. The van der Waals surface area contributed by atoms with Gasteiger partial charge in [-0.05, 0) is 73.1 Å². The minimum Gasteiger partial charge on any atom is -0.460 e. The van der Waals surface area contributed by atoms with Crippen LogP contribution < -0.4 is 47.4 Å². The third-order valence-electron chi connectivity index (χ3n) is 12.6. The van der Waals surface area contributed by atoms with Crippen molar-refractivity contribution in [2.45, 2.75) is 123 Å². The number of unbranched alkanes of at least 4 members (excludes halogenated alkanes) is 2. The van der Waals surface area contributed by atoms with E-state index in [4.69, 9.17) is 29.7 Å². The van der Waals surface area contributed by atoms with Crippen molar-refractivity contribution in [3.63, 3.8) is 0 Å². The fraction of sp³-hybridized carbons (Fsp3) is 0.451. The molecule has 4 aliphatic heterocycles. The number of hydrogen-bond acceptors (Lipinski definition) is 14. The zero-order valence-electron chi connectivity index (χ0n) is 41.2. The number of ether oxygens (including phenoxy) is 4. The third-order valence-corrected chi connectivity index (χ3v) is 12.6. The van der Waals surface area contributed by atoms with E-state index in [1.165, 1.54) is 11.3 Å². The molecule has 4 aromatic rings. The molecule has 6 heterocycles. The average Bonchev–Trinajstić information content (AvgIpc) is 4.08. The molecule has 73 heavy (non-hydrogen) atoms. The van der Waals surface area contributed by atoms with Crippen LogP contribution in [0.15, 0.2) is 47.3 Å². The number of carbonyl (C=O) groups excluding carboxylic acids is 8. The molecule has 0 saturated carbocycles. The predicted molar refractivity (Wildman–Crippen MR) is 264 cm³/mol. The normalized spacial score (nSPS) is 15.2. The van der Waals surface area contributed by atoms with Crippen molar-refractivity contribution in [1.82, 2.24) is 35.7 Å². The van der Waals surface area contributed by atoms with Gasteiger partial charge in [0.05, 0.1) is 41.5 Å². The van der Waals surface area contributed by atoms with Gasteiger partial charge >= 0.3 is 18.1 Å². The van der Waals surface area contributed by atoms with Gasteiger partial charge in [0, 0.05) is 61.6 Å². The maximum absolute atomic E-state index is 13.9. The van der Waals surface area contributed by atoms with Crippen molar-refractivity contribution in [3.05, 3.63) is 80.6 Å². The second kappa shape index (κ2) is 24.4. The highest BCUT2D eigenvalue weighted by Gasteiger charge is 2.35. The number of nitrogens with zero attached hydrogens (tertiary/aromatic N) is 3. The van der Waals surface area contributed by atoms with E-state index in [-0.39, 0.29) is 101 Å². The van der Waals surface area contributed by atoms with Gasteiger partial charge in [-0.3, -0.25) is 38.5 Å². The Labute approximate surface area is 420 Å². The molecule has 388 valence electrons. The lowest BCUT2D eigenvalue weighted by Crippen LogP contribution is -2.47. The van der Waals surface area contributed by atoms with Crippen molar-refractivity contribution in [1.29, 1.82) is 0 Å². The van der Waals surface area contributed by atoms with E-state index in [2.05, 4.69) is 40.4 Å². The van der Waals surface area contributed by atoms with Crippen LogP contribution in [0, 0.1) is 0 Å². The Kier molecular flexibility index (Phi) is 17.6. The second-order valence-electron chi connectivity index (χ2n) is 18.0. The largest absolute Gasteiger partial charge is 0.460 e. The summed E-state index contributed by atoms with van der Waals surface area (Å²) in [4.78, 5) is 119. The molecule has 8 amide bonds. The molecule has 2 aromatic carbocycles. The smallest absolute Gasteiger partial charge is 0.407 e. The number of rotatable bonds is 20. The molecule has 2 unspecified atom stereocenters. The number of carbonyl (C=O) groups is 8. The summed E-state index contributed by atoms with van der Waals surface area (Å²) in [6.07, 6.45) is 3.65. The number of aromatic nitrogens is 2. The van der Waals surface area contributed by atoms with Gasteiger partial charge in [-0.2, -0.15) is 0 Å². The summed E-state index contributed by atoms with van der Waals surface area (Å²) < 4.78 is 23.8. The van der Waals surface area contributed by atoms with E-state index < -0.39 is 35.9 Å². The number of imide groups is 1. The molecule has 1 fully saturated rings. The number of alkyl carbamates (subject to hydrolysis) is 1. The van der Waals surface area contributed by atoms with Crippen molar-refractivity contribution in [2.75, 3.05) is 31.7 Å². The summed E-state index contributed by atoms with van der Waals surface area (Å²) in [5.74, 6) is -1.85. The topological polar surface area (TPSA) is 298 Å².